The fourth-order valence-corrected chi connectivity index (χ4v) is 3.02. The van der Waals surface area contributed by atoms with Crippen molar-refractivity contribution in [3.63, 3.8) is 0 Å². The van der Waals surface area contributed by atoms with Crippen molar-refractivity contribution in [1.82, 2.24) is 4.98 Å². The summed E-state index contributed by atoms with van der Waals surface area (Å²) in [4.78, 5) is 19.0. The van der Waals surface area contributed by atoms with Crippen LogP contribution in [0.1, 0.15) is 16.8 Å². The van der Waals surface area contributed by atoms with Gasteiger partial charge in [-0.1, -0.05) is 23.7 Å². The number of nitrogens with zero attached hydrogens (tertiary/aromatic N) is 2. The predicted molar refractivity (Wildman–Crippen MR) is 115 cm³/mol. The molecule has 5 heteroatoms. The minimum atomic E-state index is -0.189. The third-order valence-corrected chi connectivity index (χ3v) is 4.80. The molecular formula is C22H22ClN3O. The zero-order valence-electron chi connectivity index (χ0n) is 15.9. The highest BCUT2D eigenvalue weighted by Gasteiger charge is 2.10. The van der Waals surface area contributed by atoms with Crippen molar-refractivity contribution in [2.24, 2.45) is 0 Å². The van der Waals surface area contributed by atoms with Crippen LogP contribution in [-0.4, -0.2) is 25.0 Å². The van der Waals surface area contributed by atoms with Crippen LogP contribution < -0.4 is 10.2 Å². The maximum atomic E-state index is 12.4. The number of amides is 1. The van der Waals surface area contributed by atoms with Crippen LogP contribution in [0, 0.1) is 13.8 Å². The largest absolute Gasteiger partial charge is 0.378 e. The van der Waals surface area contributed by atoms with Gasteiger partial charge in [0.1, 0.15) is 0 Å². The van der Waals surface area contributed by atoms with E-state index in [4.69, 9.17) is 11.6 Å². The van der Waals surface area contributed by atoms with E-state index >= 15 is 0 Å². The fourth-order valence-electron chi connectivity index (χ4n) is 2.87. The number of pyridine rings is 1. The molecule has 138 valence electrons. The second kappa shape index (κ2) is 7.80. The molecule has 0 unspecified atom stereocenters. The molecule has 0 aliphatic heterocycles. The van der Waals surface area contributed by atoms with E-state index in [2.05, 4.69) is 10.3 Å². The molecule has 1 amide bonds. The number of benzene rings is 2. The number of nitrogens with one attached hydrogen (secondary N) is 1. The van der Waals surface area contributed by atoms with Crippen LogP contribution in [-0.2, 0) is 4.79 Å². The fraction of sp³-hybridized carbons (Fsp3) is 0.182. The zero-order chi connectivity index (χ0) is 19.6. The van der Waals surface area contributed by atoms with E-state index in [1.165, 1.54) is 6.08 Å². The van der Waals surface area contributed by atoms with E-state index in [0.29, 0.717) is 5.02 Å². The van der Waals surface area contributed by atoms with Gasteiger partial charge in [0, 0.05) is 42.0 Å². The smallest absolute Gasteiger partial charge is 0.248 e. The summed E-state index contributed by atoms with van der Waals surface area (Å²) in [7, 11) is 3.99. The maximum Gasteiger partial charge on any atom is 0.248 e. The van der Waals surface area contributed by atoms with Crippen molar-refractivity contribution >= 4 is 45.9 Å². The summed E-state index contributed by atoms with van der Waals surface area (Å²) in [5.41, 5.74) is 5.35. The van der Waals surface area contributed by atoms with Crippen molar-refractivity contribution in [3.05, 3.63) is 70.4 Å². The monoisotopic (exact) mass is 379 g/mol. The number of anilines is 2. The molecule has 27 heavy (non-hydrogen) atoms. The third kappa shape index (κ3) is 4.29. The average molecular weight is 380 g/mol. The number of carbonyl (C=O) groups excluding carboxylic acids is 1. The molecule has 0 radical (unpaired) electrons. The van der Waals surface area contributed by atoms with Crippen molar-refractivity contribution < 1.29 is 4.79 Å². The molecule has 1 heterocycles. The van der Waals surface area contributed by atoms with Crippen molar-refractivity contribution in [1.29, 1.82) is 0 Å². The lowest BCUT2D eigenvalue weighted by atomic mass is 10.1. The number of rotatable bonds is 4. The lowest BCUT2D eigenvalue weighted by molar-refractivity contribution is -0.111. The molecule has 0 saturated carbocycles. The Labute approximate surface area is 164 Å². The number of carbonyl (C=O) groups is 1. The van der Waals surface area contributed by atoms with Gasteiger partial charge in [-0.25, -0.2) is 0 Å². The first kappa shape index (κ1) is 18.9. The molecule has 4 nitrogen and oxygen atoms in total. The Morgan fingerprint density at radius 2 is 1.81 bits per heavy atom. The Morgan fingerprint density at radius 1 is 1.11 bits per heavy atom. The topological polar surface area (TPSA) is 45.2 Å². The van der Waals surface area contributed by atoms with E-state index in [1.807, 2.05) is 75.3 Å². The van der Waals surface area contributed by atoms with Crippen LogP contribution in [0.3, 0.4) is 0 Å². The summed E-state index contributed by atoms with van der Waals surface area (Å²) >= 11 is 6.20. The van der Waals surface area contributed by atoms with Gasteiger partial charge in [0.2, 0.25) is 5.91 Å². The van der Waals surface area contributed by atoms with Gasteiger partial charge >= 0.3 is 0 Å². The molecule has 1 N–H and O–H groups in total. The molecule has 0 bridgehead atoms. The number of halogens is 1. The van der Waals surface area contributed by atoms with E-state index in [0.717, 1.165) is 39.1 Å². The number of hydrogen-bond acceptors (Lipinski definition) is 3. The Hall–Kier alpha value is -2.85. The quantitative estimate of drug-likeness (QED) is 0.632. The summed E-state index contributed by atoms with van der Waals surface area (Å²) in [5, 5.41) is 4.50. The highest BCUT2D eigenvalue weighted by atomic mass is 35.5. The lowest BCUT2D eigenvalue weighted by Gasteiger charge is -2.12. The van der Waals surface area contributed by atoms with Gasteiger partial charge in [-0.3, -0.25) is 9.78 Å². The Balaban J connectivity index is 1.82. The van der Waals surface area contributed by atoms with Gasteiger partial charge in [-0.2, -0.15) is 0 Å². The van der Waals surface area contributed by atoms with Gasteiger partial charge < -0.3 is 10.2 Å². The number of fused-ring (bicyclic) bond motifs is 1. The first-order valence-electron chi connectivity index (χ1n) is 8.68. The van der Waals surface area contributed by atoms with E-state index in [1.54, 1.807) is 6.08 Å². The molecule has 0 aliphatic carbocycles. The second-order valence-electron chi connectivity index (χ2n) is 6.69. The van der Waals surface area contributed by atoms with Gasteiger partial charge in [0.05, 0.1) is 11.2 Å². The van der Waals surface area contributed by atoms with Gasteiger partial charge in [0.25, 0.3) is 0 Å². The average Bonchev–Trinajstić information content (AvgIpc) is 2.63. The maximum absolute atomic E-state index is 12.4. The molecule has 0 fully saturated rings. The molecule has 0 aliphatic rings. The highest BCUT2D eigenvalue weighted by Crippen LogP contribution is 2.29. The minimum absolute atomic E-state index is 0.189. The molecule has 0 atom stereocenters. The Bertz CT molecular complexity index is 1020. The summed E-state index contributed by atoms with van der Waals surface area (Å²) < 4.78 is 0. The van der Waals surface area contributed by atoms with Crippen LogP contribution >= 0.6 is 11.6 Å². The standard InChI is InChI=1S/C22H22ClN3O/c1-14-13-20(18-10-11-19(23)15(2)22(18)24-14)25-21(27)12-7-16-5-8-17(9-6-16)26(3)4/h5-13H,1-4H3,(H,24,25,27)/b12-7+. The molecule has 3 rings (SSSR count). The molecule has 3 aromatic rings. The second-order valence-corrected chi connectivity index (χ2v) is 7.10. The zero-order valence-corrected chi connectivity index (χ0v) is 16.6. The molecule has 0 saturated heterocycles. The van der Waals surface area contributed by atoms with Crippen LogP contribution in [0.4, 0.5) is 11.4 Å². The van der Waals surface area contributed by atoms with Crippen molar-refractivity contribution in [3.8, 4) is 0 Å². The number of aromatic nitrogens is 1. The van der Waals surface area contributed by atoms with Crippen LogP contribution in [0.25, 0.3) is 17.0 Å². The van der Waals surface area contributed by atoms with Crippen LogP contribution in [0.5, 0.6) is 0 Å². The first-order valence-corrected chi connectivity index (χ1v) is 9.06. The Kier molecular flexibility index (Phi) is 5.47. The summed E-state index contributed by atoms with van der Waals surface area (Å²) in [5.74, 6) is -0.189. The van der Waals surface area contributed by atoms with Crippen LogP contribution in [0.2, 0.25) is 5.02 Å². The lowest BCUT2D eigenvalue weighted by Crippen LogP contribution is -2.09. The predicted octanol–water partition coefficient (Wildman–Crippen LogP) is 5.22. The molecule has 0 spiro atoms. The van der Waals surface area contributed by atoms with Crippen molar-refractivity contribution in [2.75, 3.05) is 24.3 Å². The minimum Gasteiger partial charge on any atom is -0.378 e. The van der Waals surface area contributed by atoms with E-state index in [9.17, 15) is 4.79 Å². The molecular weight excluding hydrogens is 358 g/mol. The highest BCUT2D eigenvalue weighted by molar-refractivity contribution is 6.32. The molecule has 1 aromatic heterocycles. The Morgan fingerprint density at radius 3 is 2.48 bits per heavy atom. The van der Waals surface area contributed by atoms with Gasteiger partial charge in [-0.05, 0) is 61.4 Å². The van der Waals surface area contributed by atoms with Crippen molar-refractivity contribution in [2.45, 2.75) is 13.8 Å². The summed E-state index contributed by atoms with van der Waals surface area (Å²) in [6.45, 7) is 3.83. The van der Waals surface area contributed by atoms with E-state index < -0.39 is 0 Å². The molecule has 2 aromatic carbocycles. The number of hydrogen-bond donors (Lipinski definition) is 1. The third-order valence-electron chi connectivity index (χ3n) is 4.39. The van der Waals surface area contributed by atoms with Gasteiger partial charge in [0.15, 0.2) is 0 Å². The number of aryl methyl sites for hydroxylation is 2. The van der Waals surface area contributed by atoms with Gasteiger partial charge in [-0.15, -0.1) is 0 Å². The summed E-state index contributed by atoms with van der Waals surface area (Å²) in [6, 6.07) is 13.6. The normalized spacial score (nSPS) is 11.1. The van der Waals surface area contributed by atoms with E-state index in [-0.39, 0.29) is 5.91 Å². The first-order chi connectivity index (χ1) is 12.8. The van der Waals surface area contributed by atoms with Crippen LogP contribution in [0.15, 0.2) is 48.5 Å². The SMILES string of the molecule is Cc1cc(NC(=O)/C=C/c2ccc(N(C)C)cc2)c2ccc(Cl)c(C)c2n1. The summed E-state index contributed by atoms with van der Waals surface area (Å²) in [6.07, 6.45) is 3.34.